The molecule has 1 aromatic carbocycles. The Morgan fingerprint density at radius 3 is 2.84 bits per heavy atom. The number of hydroxylamine groups is 1. The number of likely N-dealkylation sites (tertiary alicyclic amines) is 1. The molecule has 136 valence electrons. The molecule has 0 aromatic heterocycles. The Balaban J connectivity index is 1.52. The Labute approximate surface area is 147 Å². The summed E-state index contributed by atoms with van der Waals surface area (Å²) in [5, 5.41) is 8.76. The highest BCUT2D eigenvalue weighted by Gasteiger charge is 2.46. The van der Waals surface area contributed by atoms with Gasteiger partial charge in [0.25, 0.3) is 5.91 Å². The highest BCUT2D eigenvalue weighted by Crippen LogP contribution is 2.45. The summed E-state index contributed by atoms with van der Waals surface area (Å²) in [6.45, 7) is 2.64. The van der Waals surface area contributed by atoms with Crippen LogP contribution in [0.1, 0.15) is 53.6 Å². The highest BCUT2D eigenvalue weighted by molar-refractivity contribution is 5.93. The molecule has 1 aromatic rings. The van der Waals surface area contributed by atoms with Crippen LogP contribution >= 0.6 is 0 Å². The van der Waals surface area contributed by atoms with E-state index < -0.39 is 5.91 Å². The van der Waals surface area contributed by atoms with Gasteiger partial charge in [0.05, 0.1) is 0 Å². The molecule has 1 saturated carbocycles. The molecule has 0 unspecified atom stereocenters. The van der Waals surface area contributed by atoms with Gasteiger partial charge in [0.1, 0.15) is 5.82 Å². The fourth-order valence-corrected chi connectivity index (χ4v) is 4.91. The van der Waals surface area contributed by atoms with E-state index in [1.165, 1.54) is 31.7 Å². The predicted molar refractivity (Wildman–Crippen MR) is 92.0 cm³/mol. The molecule has 2 fully saturated rings. The highest BCUT2D eigenvalue weighted by atomic mass is 19.1. The third-order valence-corrected chi connectivity index (χ3v) is 6.70. The van der Waals surface area contributed by atoms with Crippen molar-refractivity contribution in [2.75, 3.05) is 20.1 Å². The van der Waals surface area contributed by atoms with Gasteiger partial charge < -0.3 is 4.90 Å². The number of rotatable bonds is 2. The van der Waals surface area contributed by atoms with Gasteiger partial charge in [-0.25, -0.2) is 9.87 Å². The maximum atomic E-state index is 14.6. The Bertz CT molecular complexity index is 689. The quantitative estimate of drug-likeness (QED) is 0.637. The van der Waals surface area contributed by atoms with Crippen molar-refractivity contribution in [3.63, 3.8) is 0 Å². The normalized spacial score (nSPS) is 26.1. The SMILES string of the molecule is CN1CC[C@H](N2CCc3cc(C(=O)NO)cc(F)c3C2)CC12CCC2. The lowest BCUT2D eigenvalue weighted by molar-refractivity contribution is -0.0387. The second-order valence-electron chi connectivity index (χ2n) is 7.90. The zero-order valence-electron chi connectivity index (χ0n) is 14.7. The summed E-state index contributed by atoms with van der Waals surface area (Å²) < 4.78 is 14.6. The van der Waals surface area contributed by atoms with Crippen molar-refractivity contribution < 1.29 is 14.4 Å². The number of amides is 1. The van der Waals surface area contributed by atoms with E-state index in [2.05, 4.69) is 16.8 Å². The zero-order valence-corrected chi connectivity index (χ0v) is 14.7. The smallest absolute Gasteiger partial charge is 0.274 e. The maximum Gasteiger partial charge on any atom is 0.274 e. The maximum absolute atomic E-state index is 14.6. The number of hydrogen-bond acceptors (Lipinski definition) is 4. The minimum atomic E-state index is -0.661. The molecule has 1 spiro atoms. The molecule has 4 rings (SSSR count). The molecular formula is C19H26FN3O2. The van der Waals surface area contributed by atoms with Crippen LogP contribution in [-0.4, -0.2) is 52.6 Å². The lowest BCUT2D eigenvalue weighted by Crippen LogP contribution is -2.60. The van der Waals surface area contributed by atoms with Crippen LogP contribution in [0.25, 0.3) is 0 Å². The van der Waals surface area contributed by atoms with E-state index >= 15 is 0 Å². The first-order valence-electron chi connectivity index (χ1n) is 9.23. The molecule has 3 aliphatic rings. The predicted octanol–water partition coefficient (Wildman–Crippen LogP) is 2.32. The van der Waals surface area contributed by atoms with Crippen molar-refractivity contribution in [3.8, 4) is 0 Å². The summed E-state index contributed by atoms with van der Waals surface area (Å²) in [5.74, 6) is -1.00. The van der Waals surface area contributed by atoms with E-state index in [9.17, 15) is 9.18 Å². The van der Waals surface area contributed by atoms with Crippen LogP contribution in [-0.2, 0) is 13.0 Å². The lowest BCUT2D eigenvalue weighted by atomic mass is 9.68. The van der Waals surface area contributed by atoms with Crippen molar-refractivity contribution in [2.45, 2.75) is 56.7 Å². The largest absolute Gasteiger partial charge is 0.301 e. The Hall–Kier alpha value is -1.50. The second-order valence-corrected chi connectivity index (χ2v) is 7.90. The van der Waals surface area contributed by atoms with Gasteiger partial charge in [0, 0.05) is 35.8 Å². The summed E-state index contributed by atoms with van der Waals surface area (Å²) in [4.78, 5) is 16.5. The van der Waals surface area contributed by atoms with Gasteiger partial charge in [-0.05, 0) is 69.8 Å². The summed E-state index contributed by atoms with van der Waals surface area (Å²) in [6.07, 6.45) is 6.98. The summed E-state index contributed by atoms with van der Waals surface area (Å²) in [5.41, 5.74) is 3.74. The zero-order chi connectivity index (χ0) is 17.6. The first-order valence-corrected chi connectivity index (χ1v) is 9.23. The molecule has 2 aliphatic heterocycles. The van der Waals surface area contributed by atoms with Crippen molar-refractivity contribution in [1.29, 1.82) is 0 Å². The Morgan fingerprint density at radius 1 is 1.36 bits per heavy atom. The fraction of sp³-hybridized carbons (Fsp3) is 0.632. The minimum Gasteiger partial charge on any atom is -0.301 e. The standard InChI is InChI=1S/C19H26FN3O2/c1-22-7-4-15(11-19(22)5-2-6-19)23-8-3-13-9-14(18(24)21-25)10-17(20)16(13)12-23/h9-10,15,25H,2-8,11-12H2,1H3,(H,21,24)/t15-/m0/s1. The number of carbonyl (C=O) groups excluding carboxylic acids is 1. The molecule has 25 heavy (non-hydrogen) atoms. The van der Waals surface area contributed by atoms with Crippen LogP contribution in [0.4, 0.5) is 4.39 Å². The molecular weight excluding hydrogens is 321 g/mol. The van der Waals surface area contributed by atoms with E-state index in [0.717, 1.165) is 31.5 Å². The fourth-order valence-electron chi connectivity index (χ4n) is 4.91. The van der Waals surface area contributed by atoms with Gasteiger partial charge >= 0.3 is 0 Å². The van der Waals surface area contributed by atoms with Gasteiger partial charge in [-0.1, -0.05) is 0 Å². The third kappa shape index (κ3) is 2.86. The van der Waals surface area contributed by atoms with Crippen LogP contribution in [0.3, 0.4) is 0 Å². The van der Waals surface area contributed by atoms with Gasteiger partial charge in [0.2, 0.25) is 0 Å². The second kappa shape index (κ2) is 6.34. The molecule has 1 amide bonds. The molecule has 2 N–H and O–H groups in total. The van der Waals surface area contributed by atoms with E-state index in [4.69, 9.17) is 5.21 Å². The van der Waals surface area contributed by atoms with Crippen LogP contribution in [0.2, 0.25) is 0 Å². The molecule has 0 radical (unpaired) electrons. The summed E-state index contributed by atoms with van der Waals surface area (Å²) in [7, 11) is 2.24. The average molecular weight is 347 g/mol. The first kappa shape index (κ1) is 16.9. The molecule has 2 heterocycles. The number of halogens is 1. The van der Waals surface area contributed by atoms with Crippen molar-refractivity contribution in [1.82, 2.24) is 15.3 Å². The van der Waals surface area contributed by atoms with Crippen LogP contribution < -0.4 is 5.48 Å². The topological polar surface area (TPSA) is 55.8 Å². The third-order valence-electron chi connectivity index (χ3n) is 6.70. The monoisotopic (exact) mass is 347 g/mol. The molecule has 1 atom stereocenters. The van der Waals surface area contributed by atoms with E-state index in [-0.39, 0.29) is 11.4 Å². The molecule has 5 nitrogen and oxygen atoms in total. The number of nitrogens with one attached hydrogen (secondary N) is 1. The molecule has 1 saturated heterocycles. The number of hydrogen-bond donors (Lipinski definition) is 2. The van der Waals surface area contributed by atoms with E-state index in [0.29, 0.717) is 23.7 Å². The lowest BCUT2D eigenvalue weighted by Gasteiger charge is -2.56. The molecule has 0 bridgehead atoms. The Kier molecular flexibility index (Phi) is 4.30. The summed E-state index contributed by atoms with van der Waals surface area (Å²) >= 11 is 0. The number of carbonyl (C=O) groups is 1. The summed E-state index contributed by atoms with van der Waals surface area (Å²) in [6, 6.07) is 3.46. The minimum absolute atomic E-state index is 0.180. The van der Waals surface area contributed by atoms with E-state index in [1.807, 2.05) is 0 Å². The molecule has 1 aliphatic carbocycles. The number of fused-ring (bicyclic) bond motifs is 1. The number of piperidine rings is 1. The molecule has 6 heteroatoms. The van der Waals surface area contributed by atoms with Crippen LogP contribution in [0, 0.1) is 5.82 Å². The van der Waals surface area contributed by atoms with Gasteiger partial charge in [-0.15, -0.1) is 0 Å². The Morgan fingerprint density at radius 2 is 2.16 bits per heavy atom. The van der Waals surface area contributed by atoms with Crippen LogP contribution in [0.15, 0.2) is 12.1 Å². The van der Waals surface area contributed by atoms with Gasteiger partial charge in [-0.2, -0.15) is 0 Å². The van der Waals surface area contributed by atoms with Crippen molar-refractivity contribution >= 4 is 5.91 Å². The first-order chi connectivity index (χ1) is 12.0. The van der Waals surface area contributed by atoms with E-state index in [1.54, 1.807) is 11.5 Å². The number of benzene rings is 1. The average Bonchev–Trinajstić information content (AvgIpc) is 2.59. The van der Waals surface area contributed by atoms with Crippen molar-refractivity contribution in [2.24, 2.45) is 0 Å². The number of nitrogens with zero attached hydrogens (tertiary/aromatic N) is 2. The van der Waals surface area contributed by atoms with Gasteiger partial charge in [-0.3, -0.25) is 14.9 Å². The van der Waals surface area contributed by atoms with Gasteiger partial charge in [0.15, 0.2) is 0 Å². The van der Waals surface area contributed by atoms with Crippen LogP contribution in [0.5, 0.6) is 0 Å². The van der Waals surface area contributed by atoms with Crippen molar-refractivity contribution in [3.05, 3.63) is 34.6 Å².